The summed E-state index contributed by atoms with van der Waals surface area (Å²) in [6, 6.07) is 23.2. The normalized spacial score (nSPS) is 11.0. The number of hydrogen-bond donors (Lipinski definition) is 0. The van der Waals surface area contributed by atoms with Gasteiger partial charge in [-0.15, -0.1) is 0 Å². The van der Waals surface area contributed by atoms with Gasteiger partial charge in [0.05, 0.1) is 0 Å². The first kappa shape index (κ1) is 25.6. The second-order valence-corrected chi connectivity index (χ2v) is 9.07. The standard InChI is InChI=1S/C32H31F3O/c1-3-5-7-25-12-13-26(20-30(25)33)23-14-17-28(18-15-23)36-21-27-16-19-29(32(35)31(27)34)24-10-8-22(6-4-2)9-11-24/h8-20H,3-7,21H2,1-2H3. The molecule has 0 aliphatic carbocycles. The first-order chi connectivity index (χ1) is 17.5. The molecule has 36 heavy (non-hydrogen) atoms. The van der Waals surface area contributed by atoms with Crippen molar-refractivity contribution in [1.29, 1.82) is 0 Å². The highest BCUT2D eigenvalue weighted by molar-refractivity contribution is 5.66. The van der Waals surface area contributed by atoms with Gasteiger partial charge in [-0.3, -0.25) is 0 Å². The fourth-order valence-corrected chi connectivity index (χ4v) is 4.27. The zero-order valence-electron chi connectivity index (χ0n) is 20.8. The molecule has 1 nitrogen and oxygen atoms in total. The lowest BCUT2D eigenvalue weighted by Crippen LogP contribution is -2.02. The molecule has 0 spiro atoms. The van der Waals surface area contributed by atoms with Crippen molar-refractivity contribution in [2.45, 2.75) is 52.6 Å². The van der Waals surface area contributed by atoms with Gasteiger partial charge >= 0.3 is 0 Å². The summed E-state index contributed by atoms with van der Waals surface area (Å²) in [4.78, 5) is 0. The van der Waals surface area contributed by atoms with E-state index in [0.717, 1.165) is 48.8 Å². The van der Waals surface area contributed by atoms with Crippen LogP contribution >= 0.6 is 0 Å². The Bertz CT molecular complexity index is 1290. The van der Waals surface area contributed by atoms with Gasteiger partial charge in [-0.25, -0.2) is 13.2 Å². The van der Waals surface area contributed by atoms with E-state index in [4.69, 9.17) is 4.74 Å². The molecule has 186 valence electrons. The van der Waals surface area contributed by atoms with Gasteiger partial charge in [0.25, 0.3) is 0 Å². The van der Waals surface area contributed by atoms with E-state index in [2.05, 4.69) is 13.8 Å². The van der Waals surface area contributed by atoms with Crippen LogP contribution in [0.15, 0.2) is 78.9 Å². The molecule has 0 atom stereocenters. The van der Waals surface area contributed by atoms with Crippen molar-refractivity contribution in [1.82, 2.24) is 0 Å². The van der Waals surface area contributed by atoms with Crippen molar-refractivity contribution in [2.75, 3.05) is 0 Å². The van der Waals surface area contributed by atoms with E-state index in [1.54, 1.807) is 30.3 Å². The van der Waals surface area contributed by atoms with E-state index in [0.29, 0.717) is 11.3 Å². The average Bonchev–Trinajstić information content (AvgIpc) is 2.90. The quantitative estimate of drug-likeness (QED) is 0.216. The van der Waals surface area contributed by atoms with E-state index in [1.165, 1.54) is 5.56 Å². The molecule has 0 aliphatic heterocycles. The summed E-state index contributed by atoms with van der Waals surface area (Å²) < 4.78 is 49.8. The van der Waals surface area contributed by atoms with Gasteiger partial charge in [0.1, 0.15) is 18.2 Å². The van der Waals surface area contributed by atoms with Gasteiger partial charge in [0.15, 0.2) is 11.6 Å². The SMILES string of the molecule is CCCCc1ccc(-c2ccc(OCc3ccc(-c4ccc(CCC)cc4)c(F)c3F)cc2)cc1F. The van der Waals surface area contributed by atoms with Crippen molar-refractivity contribution < 1.29 is 17.9 Å². The van der Waals surface area contributed by atoms with Crippen molar-refractivity contribution in [3.63, 3.8) is 0 Å². The first-order valence-electron chi connectivity index (χ1n) is 12.6. The molecule has 4 rings (SSSR count). The number of unbranched alkanes of at least 4 members (excludes halogenated alkanes) is 1. The van der Waals surface area contributed by atoms with Gasteiger partial charge in [-0.1, -0.05) is 87.4 Å². The molecule has 0 fully saturated rings. The number of hydrogen-bond acceptors (Lipinski definition) is 1. The summed E-state index contributed by atoms with van der Waals surface area (Å²) in [5.41, 5.74) is 4.57. The molecule has 4 aromatic rings. The van der Waals surface area contributed by atoms with Crippen LogP contribution < -0.4 is 4.74 Å². The highest BCUT2D eigenvalue weighted by Crippen LogP contribution is 2.29. The molecular formula is C32H31F3O. The van der Waals surface area contributed by atoms with Crippen LogP contribution in [0.25, 0.3) is 22.3 Å². The van der Waals surface area contributed by atoms with Gasteiger partial charge in [-0.2, -0.15) is 0 Å². The Kier molecular flexibility index (Phi) is 8.48. The van der Waals surface area contributed by atoms with Crippen LogP contribution in [0.3, 0.4) is 0 Å². The third-order valence-electron chi connectivity index (χ3n) is 6.40. The molecule has 0 saturated heterocycles. The van der Waals surface area contributed by atoms with Gasteiger partial charge in [0, 0.05) is 11.1 Å². The van der Waals surface area contributed by atoms with Crippen LogP contribution in [0.2, 0.25) is 0 Å². The van der Waals surface area contributed by atoms with Gasteiger partial charge in [-0.05, 0) is 65.3 Å². The zero-order valence-corrected chi connectivity index (χ0v) is 20.8. The highest BCUT2D eigenvalue weighted by atomic mass is 19.2. The smallest absolute Gasteiger partial charge is 0.167 e. The largest absolute Gasteiger partial charge is 0.489 e. The lowest BCUT2D eigenvalue weighted by Gasteiger charge is -2.12. The predicted molar refractivity (Wildman–Crippen MR) is 141 cm³/mol. The van der Waals surface area contributed by atoms with E-state index < -0.39 is 11.6 Å². The second-order valence-electron chi connectivity index (χ2n) is 9.07. The minimum atomic E-state index is -0.902. The minimum absolute atomic E-state index is 0.0986. The summed E-state index contributed by atoms with van der Waals surface area (Å²) in [6.45, 7) is 4.09. The van der Waals surface area contributed by atoms with Crippen LogP contribution in [0.5, 0.6) is 5.75 Å². The Morgan fingerprint density at radius 1 is 0.611 bits per heavy atom. The summed E-state index contributed by atoms with van der Waals surface area (Å²) in [7, 11) is 0. The zero-order chi connectivity index (χ0) is 25.5. The van der Waals surface area contributed by atoms with E-state index >= 15 is 0 Å². The van der Waals surface area contributed by atoms with Crippen LogP contribution in [-0.4, -0.2) is 0 Å². The molecular weight excluding hydrogens is 457 g/mol. The van der Waals surface area contributed by atoms with Crippen LogP contribution in [-0.2, 0) is 19.4 Å². The Balaban J connectivity index is 1.42. The number of halogens is 3. The maximum atomic E-state index is 14.8. The molecule has 0 unspecified atom stereocenters. The predicted octanol–water partition coefficient (Wildman–Crippen LogP) is 9.31. The number of aryl methyl sites for hydroxylation is 2. The fraction of sp³-hybridized carbons (Fsp3) is 0.250. The minimum Gasteiger partial charge on any atom is -0.489 e. The van der Waals surface area contributed by atoms with Crippen molar-refractivity contribution in [2.24, 2.45) is 0 Å². The fourth-order valence-electron chi connectivity index (χ4n) is 4.27. The third-order valence-corrected chi connectivity index (χ3v) is 6.40. The molecule has 4 heteroatoms. The summed E-state index contributed by atoms with van der Waals surface area (Å²) in [6.07, 6.45) is 4.71. The molecule has 0 aliphatic rings. The van der Waals surface area contributed by atoms with Crippen molar-refractivity contribution in [3.05, 3.63) is 113 Å². The maximum absolute atomic E-state index is 14.8. The number of benzene rings is 4. The van der Waals surface area contributed by atoms with Crippen molar-refractivity contribution >= 4 is 0 Å². The number of rotatable bonds is 10. The van der Waals surface area contributed by atoms with Gasteiger partial charge < -0.3 is 4.74 Å². The molecule has 0 amide bonds. The topological polar surface area (TPSA) is 9.23 Å². The summed E-state index contributed by atoms with van der Waals surface area (Å²) >= 11 is 0. The van der Waals surface area contributed by atoms with Crippen LogP contribution in [0.4, 0.5) is 13.2 Å². The van der Waals surface area contributed by atoms with Gasteiger partial charge in [0.2, 0.25) is 0 Å². The second kappa shape index (κ2) is 11.9. The molecule has 0 aromatic heterocycles. The van der Waals surface area contributed by atoms with E-state index in [-0.39, 0.29) is 23.6 Å². The lowest BCUT2D eigenvalue weighted by atomic mass is 10.00. The summed E-state index contributed by atoms with van der Waals surface area (Å²) in [5, 5.41) is 0. The Hall–Kier alpha value is -3.53. The van der Waals surface area contributed by atoms with Crippen LogP contribution in [0, 0.1) is 17.5 Å². The van der Waals surface area contributed by atoms with Crippen molar-refractivity contribution in [3.8, 4) is 28.0 Å². The maximum Gasteiger partial charge on any atom is 0.167 e. The lowest BCUT2D eigenvalue weighted by molar-refractivity contribution is 0.297. The Morgan fingerprint density at radius 2 is 1.28 bits per heavy atom. The third kappa shape index (κ3) is 5.99. The highest BCUT2D eigenvalue weighted by Gasteiger charge is 2.15. The molecule has 0 bridgehead atoms. The summed E-state index contributed by atoms with van der Waals surface area (Å²) in [5.74, 6) is -1.45. The van der Waals surface area contributed by atoms with E-state index in [9.17, 15) is 13.2 Å². The molecule has 0 radical (unpaired) electrons. The first-order valence-corrected chi connectivity index (χ1v) is 12.6. The Morgan fingerprint density at radius 3 is 1.94 bits per heavy atom. The average molecular weight is 489 g/mol. The molecule has 0 heterocycles. The molecule has 0 saturated carbocycles. The Labute approximate surface area is 211 Å². The monoisotopic (exact) mass is 488 g/mol. The molecule has 4 aromatic carbocycles. The molecule has 0 N–H and O–H groups in total. The van der Waals surface area contributed by atoms with Crippen LogP contribution in [0.1, 0.15) is 49.8 Å². The number of ether oxygens (including phenoxy) is 1. The van der Waals surface area contributed by atoms with E-state index in [1.807, 2.05) is 48.5 Å².